The third-order valence-corrected chi connectivity index (χ3v) is 5.47. The van der Waals surface area contributed by atoms with Crippen molar-refractivity contribution in [1.29, 1.82) is 0 Å². The van der Waals surface area contributed by atoms with Gasteiger partial charge in [-0.15, -0.1) is 23.1 Å². The Morgan fingerprint density at radius 2 is 2.12 bits per heavy atom. The van der Waals surface area contributed by atoms with E-state index in [0.717, 1.165) is 25.4 Å². The number of thiophene rings is 1. The fraction of sp³-hybridized carbons (Fsp3) is 0.692. The van der Waals surface area contributed by atoms with Gasteiger partial charge in [-0.3, -0.25) is 0 Å². The second-order valence-electron chi connectivity index (χ2n) is 4.19. The number of hydrogen-bond acceptors (Lipinski definition) is 4. The lowest BCUT2D eigenvalue weighted by atomic mass is 10.2. The molecule has 0 fully saturated rings. The van der Waals surface area contributed by atoms with Gasteiger partial charge < -0.3 is 10.6 Å². The van der Waals surface area contributed by atoms with E-state index >= 15 is 0 Å². The largest absolute Gasteiger partial charge is 0.327 e. The van der Waals surface area contributed by atoms with Crippen LogP contribution in [0.1, 0.15) is 30.9 Å². The van der Waals surface area contributed by atoms with Gasteiger partial charge in [-0.05, 0) is 31.5 Å². The van der Waals surface area contributed by atoms with Crippen molar-refractivity contribution in [2.24, 2.45) is 5.73 Å². The lowest BCUT2D eigenvalue weighted by Gasteiger charge is -2.22. The maximum atomic E-state index is 6.08. The normalized spacial score (nSPS) is 15.1. The van der Waals surface area contributed by atoms with Crippen molar-refractivity contribution < 1.29 is 0 Å². The van der Waals surface area contributed by atoms with Crippen LogP contribution in [0.4, 0.5) is 0 Å². The zero-order valence-electron chi connectivity index (χ0n) is 11.1. The van der Waals surface area contributed by atoms with E-state index in [0.29, 0.717) is 5.25 Å². The fourth-order valence-electron chi connectivity index (χ4n) is 1.79. The summed E-state index contributed by atoms with van der Waals surface area (Å²) in [5.74, 6) is 1.16. The van der Waals surface area contributed by atoms with Crippen molar-refractivity contribution >= 4 is 23.1 Å². The van der Waals surface area contributed by atoms with Gasteiger partial charge >= 0.3 is 0 Å². The molecule has 98 valence electrons. The van der Waals surface area contributed by atoms with Gasteiger partial charge in [0.25, 0.3) is 0 Å². The molecule has 0 spiro atoms. The summed E-state index contributed by atoms with van der Waals surface area (Å²) in [4.78, 5) is 3.86. The smallest absolute Gasteiger partial charge is 0.0539 e. The van der Waals surface area contributed by atoms with Crippen molar-refractivity contribution in [1.82, 2.24) is 4.90 Å². The van der Waals surface area contributed by atoms with Gasteiger partial charge in [0.2, 0.25) is 0 Å². The summed E-state index contributed by atoms with van der Waals surface area (Å²) in [6.07, 6.45) is 0. The molecule has 0 radical (unpaired) electrons. The molecule has 0 aliphatic carbocycles. The molecule has 2 nitrogen and oxygen atoms in total. The van der Waals surface area contributed by atoms with Crippen LogP contribution < -0.4 is 5.73 Å². The van der Waals surface area contributed by atoms with Crippen LogP contribution in [0.3, 0.4) is 0 Å². The lowest BCUT2D eigenvalue weighted by Crippen LogP contribution is -2.27. The molecule has 0 aliphatic rings. The van der Waals surface area contributed by atoms with Crippen molar-refractivity contribution in [2.45, 2.75) is 32.1 Å². The summed E-state index contributed by atoms with van der Waals surface area (Å²) in [7, 11) is 0. The average molecular weight is 272 g/mol. The van der Waals surface area contributed by atoms with Crippen LogP contribution in [0.25, 0.3) is 0 Å². The molecule has 0 saturated heterocycles. The molecule has 2 N–H and O–H groups in total. The molecule has 0 bridgehead atoms. The average Bonchev–Trinajstić information content (AvgIpc) is 2.82. The molecule has 1 aromatic rings. The molecular weight excluding hydrogens is 248 g/mol. The predicted molar refractivity (Wildman–Crippen MR) is 81.0 cm³/mol. The van der Waals surface area contributed by atoms with Gasteiger partial charge in [-0.1, -0.05) is 19.9 Å². The highest BCUT2D eigenvalue weighted by molar-refractivity contribution is 7.99. The number of hydrogen-bond donors (Lipinski definition) is 1. The van der Waals surface area contributed by atoms with Crippen molar-refractivity contribution in [3.63, 3.8) is 0 Å². The van der Waals surface area contributed by atoms with Gasteiger partial charge in [0, 0.05) is 23.2 Å². The number of rotatable bonds is 8. The van der Waals surface area contributed by atoms with Crippen LogP contribution in [0.15, 0.2) is 17.5 Å². The monoisotopic (exact) mass is 272 g/mol. The zero-order valence-corrected chi connectivity index (χ0v) is 12.7. The van der Waals surface area contributed by atoms with Crippen LogP contribution in [0.5, 0.6) is 0 Å². The van der Waals surface area contributed by atoms with Crippen molar-refractivity contribution in [3.05, 3.63) is 22.4 Å². The molecule has 17 heavy (non-hydrogen) atoms. The first-order valence-electron chi connectivity index (χ1n) is 6.32. The van der Waals surface area contributed by atoms with Gasteiger partial charge in [-0.25, -0.2) is 0 Å². The lowest BCUT2D eigenvalue weighted by molar-refractivity contribution is 0.323. The van der Waals surface area contributed by atoms with E-state index in [4.69, 9.17) is 5.73 Å². The predicted octanol–water partition coefficient (Wildman–Crippen LogP) is 3.21. The minimum Gasteiger partial charge on any atom is -0.327 e. The van der Waals surface area contributed by atoms with E-state index in [1.807, 2.05) is 23.1 Å². The van der Waals surface area contributed by atoms with Crippen LogP contribution in [-0.2, 0) is 0 Å². The highest BCUT2D eigenvalue weighted by Gasteiger charge is 2.17. The molecule has 4 heteroatoms. The Bertz CT molecular complexity index is 282. The van der Waals surface area contributed by atoms with Crippen LogP contribution >= 0.6 is 23.1 Å². The molecule has 1 heterocycles. The van der Waals surface area contributed by atoms with Crippen molar-refractivity contribution in [3.8, 4) is 0 Å². The molecule has 1 aromatic heterocycles. The quantitative estimate of drug-likeness (QED) is 0.788. The topological polar surface area (TPSA) is 29.3 Å². The minimum absolute atomic E-state index is 0.218. The highest BCUT2D eigenvalue weighted by Crippen LogP contribution is 2.34. The highest BCUT2D eigenvalue weighted by atomic mass is 32.2. The molecule has 0 aliphatic heterocycles. The van der Waals surface area contributed by atoms with Crippen LogP contribution in [0, 0.1) is 0 Å². The summed E-state index contributed by atoms with van der Waals surface area (Å²) < 4.78 is 0. The summed E-state index contributed by atoms with van der Waals surface area (Å²) in [5.41, 5.74) is 6.08. The van der Waals surface area contributed by atoms with E-state index in [-0.39, 0.29) is 6.04 Å². The summed E-state index contributed by atoms with van der Waals surface area (Å²) >= 11 is 3.81. The van der Waals surface area contributed by atoms with Crippen molar-refractivity contribution in [2.75, 3.05) is 25.4 Å². The Balaban J connectivity index is 2.41. The molecule has 0 saturated carbocycles. The van der Waals surface area contributed by atoms with E-state index in [1.54, 1.807) is 0 Å². The fourth-order valence-corrected chi connectivity index (χ4v) is 4.15. The van der Waals surface area contributed by atoms with Crippen LogP contribution in [-0.4, -0.2) is 36.3 Å². The first-order valence-corrected chi connectivity index (χ1v) is 8.24. The molecule has 1 rings (SSSR count). The Labute approximate surface area is 114 Å². The minimum atomic E-state index is 0.218. The first kappa shape index (κ1) is 15.0. The summed E-state index contributed by atoms with van der Waals surface area (Å²) in [6, 6.07) is 4.53. The molecule has 0 aromatic carbocycles. The van der Waals surface area contributed by atoms with Gasteiger partial charge in [0.1, 0.15) is 0 Å². The van der Waals surface area contributed by atoms with Gasteiger partial charge in [-0.2, -0.15) is 0 Å². The van der Waals surface area contributed by atoms with E-state index in [1.165, 1.54) is 4.88 Å². The maximum Gasteiger partial charge on any atom is 0.0539 e. The Kier molecular flexibility index (Phi) is 7.19. The van der Waals surface area contributed by atoms with Gasteiger partial charge in [0.15, 0.2) is 0 Å². The second-order valence-corrected chi connectivity index (χ2v) is 6.42. The summed E-state index contributed by atoms with van der Waals surface area (Å²) in [5, 5.41) is 2.58. The summed E-state index contributed by atoms with van der Waals surface area (Å²) in [6.45, 7) is 9.98. The third-order valence-electron chi connectivity index (χ3n) is 2.90. The van der Waals surface area contributed by atoms with E-state index < -0.39 is 0 Å². The number of thioether (sulfide) groups is 1. The second kappa shape index (κ2) is 8.14. The molecule has 0 amide bonds. The molecule has 2 unspecified atom stereocenters. The van der Waals surface area contributed by atoms with E-state index in [2.05, 4.69) is 43.2 Å². The number of nitrogens with two attached hydrogens (primary N) is 1. The molecular formula is C13H24N2S2. The van der Waals surface area contributed by atoms with Crippen LogP contribution in [0.2, 0.25) is 0 Å². The standard InChI is InChI=1S/C13H24N2S2/c1-4-15(5-2)8-10-17-13(11(3)14)12-7-6-9-16-12/h6-7,9,11,13H,4-5,8,10,14H2,1-3H3. The Morgan fingerprint density at radius 1 is 1.41 bits per heavy atom. The third kappa shape index (κ3) is 5.00. The van der Waals surface area contributed by atoms with Gasteiger partial charge in [0.05, 0.1) is 5.25 Å². The zero-order chi connectivity index (χ0) is 12.7. The number of nitrogens with zero attached hydrogens (tertiary/aromatic N) is 1. The Morgan fingerprint density at radius 3 is 2.59 bits per heavy atom. The van der Waals surface area contributed by atoms with E-state index in [9.17, 15) is 0 Å². The first-order chi connectivity index (χ1) is 8.19. The SMILES string of the molecule is CCN(CC)CCSC(c1cccs1)C(C)N. The maximum absolute atomic E-state index is 6.08. The molecule has 2 atom stereocenters. The Hall–Kier alpha value is -0.0300.